The Morgan fingerprint density at radius 1 is 1.04 bits per heavy atom. The van der Waals surface area contributed by atoms with E-state index in [2.05, 4.69) is 0 Å². The number of rotatable bonds is 5. The van der Waals surface area contributed by atoms with Crippen LogP contribution in [0.5, 0.6) is 0 Å². The molecule has 0 saturated heterocycles. The second-order valence-corrected chi connectivity index (χ2v) is 5.72. The van der Waals surface area contributed by atoms with Crippen LogP contribution in [0.4, 0.5) is 11.4 Å². The molecule has 0 bridgehead atoms. The Morgan fingerprint density at radius 2 is 1.70 bits per heavy atom. The Labute approximate surface area is 156 Å². The molecule has 1 heterocycles. The highest BCUT2D eigenvalue weighted by atomic mass is 16.5. The Hall–Kier alpha value is -3.55. The van der Waals surface area contributed by atoms with Crippen molar-refractivity contribution < 1.29 is 29.0 Å². The van der Waals surface area contributed by atoms with E-state index < -0.39 is 17.9 Å². The fourth-order valence-electron chi connectivity index (χ4n) is 2.60. The Morgan fingerprint density at radius 3 is 2.26 bits per heavy atom. The van der Waals surface area contributed by atoms with E-state index >= 15 is 0 Å². The molecule has 1 aliphatic rings. The summed E-state index contributed by atoms with van der Waals surface area (Å²) >= 11 is 0. The van der Waals surface area contributed by atoms with Crippen LogP contribution in [0.15, 0.2) is 53.9 Å². The van der Waals surface area contributed by atoms with Gasteiger partial charge in [0, 0.05) is 26.0 Å². The van der Waals surface area contributed by atoms with Crippen LogP contribution in [0.3, 0.4) is 0 Å². The minimum atomic E-state index is -1.12. The Balaban J connectivity index is 2.70. The number of aromatic carboxylic acids is 1. The van der Waals surface area contributed by atoms with Gasteiger partial charge in [0.05, 0.1) is 31.0 Å². The summed E-state index contributed by atoms with van der Waals surface area (Å²) in [7, 11) is 5.85. The maximum Gasteiger partial charge on any atom is 0.355 e. The van der Waals surface area contributed by atoms with Crippen molar-refractivity contribution >= 4 is 29.3 Å². The summed E-state index contributed by atoms with van der Waals surface area (Å²) in [6.45, 7) is 0. The number of benzene rings is 1. The Kier molecular flexibility index (Phi) is 6.02. The third kappa shape index (κ3) is 4.00. The lowest BCUT2D eigenvalue weighted by molar-refractivity contribution is -0.139. The number of methoxy groups -OCH3 is 2. The van der Waals surface area contributed by atoms with Crippen molar-refractivity contribution in [2.24, 2.45) is 0 Å². The van der Waals surface area contributed by atoms with Gasteiger partial charge in [-0.1, -0.05) is 6.08 Å². The molecule has 0 radical (unpaired) electrons. The number of hydrogen-bond donors (Lipinski definition) is 1. The molecule has 0 aromatic heterocycles. The first kappa shape index (κ1) is 19.8. The maximum absolute atomic E-state index is 12.4. The van der Waals surface area contributed by atoms with Gasteiger partial charge in [0.15, 0.2) is 0 Å². The molecule has 27 heavy (non-hydrogen) atoms. The molecule has 0 amide bonds. The van der Waals surface area contributed by atoms with Gasteiger partial charge in [-0.15, -0.1) is 0 Å². The fraction of sp³-hybridized carbons (Fsp3) is 0.211. The number of hydrogen-bond acceptors (Lipinski definition) is 7. The molecule has 1 N–H and O–H groups in total. The van der Waals surface area contributed by atoms with E-state index in [0.29, 0.717) is 11.4 Å². The van der Waals surface area contributed by atoms with Crippen LogP contribution in [0.25, 0.3) is 0 Å². The number of ether oxygens (including phenoxy) is 2. The van der Waals surface area contributed by atoms with Gasteiger partial charge in [0.1, 0.15) is 5.70 Å². The molecular formula is C19H20N2O6. The predicted octanol–water partition coefficient (Wildman–Crippen LogP) is 1.94. The molecule has 2 rings (SSSR count). The van der Waals surface area contributed by atoms with Crippen LogP contribution in [-0.2, 0) is 19.1 Å². The van der Waals surface area contributed by atoms with E-state index in [4.69, 9.17) is 9.47 Å². The van der Waals surface area contributed by atoms with Crippen molar-refractivity contribution in [3.8, 4) is 0 Å². The molecule has 0 fully saturated rings. The average molecular weight is 372 g/mol. The molecule has 0 unspecified atom stereocenters. The van der Waals surface area contributed by atoms with Crippen molar-refractivity contribution in [2.45, 2.75) is 0 Å². The second-order valence-electron chi connectivity index (χ2n) is 5.72. The highest BCUT2D eigenvalue weighted by Crippen LogP contribution is 2.30. The van der Waals surface area contributed by atoms with Crippen molar-refractivity contribution in [1.29, 1.82) is 0 Å². The van der Waals surface area contributed by atoms with Gasteiger partial charge in [0.25, 0.3) is 0 Å². The summed E-state index contributed by atoms with van der Waals surface area (Å²) in [5.41, 5.74) is 0.831. The number of carbonyl (C=O) groups excluding carboxylic acids is 2. The molecule has 1 aromatic carbocycles. The largest absolute Gasteiger partial charge is 0.478 e. The lowest BCUT2D eigenvalue weighted by Crippen LogP contribution is -2.27. The lowest BCUT2D eigenvalue weighted by Gasteiger charge is -2.24. The van der Waals surface area contributed by atoms with Crippen LogP contribution in [0.2, 0.25) is 0 Å². The highest BCUT2D eigenvalue weighted by Gasteiger charge is 2.28. The third-order valence-electron chi connectivity index (χ3n) is 3.86. The SMILES string of the molecule is COC(=O)C1=C(C(=O)OC)N(c2ccc(N(C)C)c(C(=O)O)c2)C=CC=C1. The lowest BCUT2D eigenvalue weighted by atomic mass is 10.1. The van der Waals surface area contributed by atoms with Crippen molar-refractivity contribution in [3.63, 3.8) is 0 Å². The molecule has 8 nitrogen and oxygen atoms in total. The molecule has 0 saturated carbocycles. The van der Waals surface area contributed by atoms with Crippen LogP contribution in [0, 0.1) is 0 Å². The van der Waals surface area contributed by atoms with E-state index in [9.17, 15) is 19.5 Å². The number of carbonyl (C=O) groups is 3. The van der Waals surface area contributed by atoms with Crippen LogP contribution in [-0.4, -0.2) is 51.3 Å². The number of nitrogens with zero attached hydrogens (tertiary/aromatic N) is 2. The van der Waals surface area contributed by atoms with E-state index in [1.165, 1.54) is 37.5 Å². The number of carboxylic acids is 1. The summed E-state index contributed by atoms with van der Waals surface area (Å²) in [5, 5.41) is 9.54. The zero-order chi connectivity index (χ0) is 20.1. The van der Waals surface area contributed by atoms with E-state index in [-0.39, 0.29) is 16.8 Å². The van der Waals surface area contributed by atoms with Crippen molar-refractivity contribution in [1.82, 2.24) is 0 Å². The summed E-state index contributed by atoms with van der Waals surface area (Å²) in [6, 6.07) is 4.69. The predicted molar refractivity (Wildman–Crippen MR) is 99.5 cm³/mol. The van der Waals surface area contributed by atoms with E-state index in [1.54, 1.807) is 43.3 Å². The van der Waals surface area contributed by atoms with Gasteiger partial charge in [0.2, 0.25) is 0 Å². The molecular weight excluding hydrogens is 352 g/mol. The topological polar surface area (TPSA) is 96.4 Å². The highest BCUT2D eigenvalue weighted by molar-refractivity contribution is 6.06. The summed E-state index contributed by atoms with van der Waals surface area (Å²) < 4.78 is 9.58. The van der Waals surface area contributed by atoms with Gasteiger partial charge in [-0.3, -0.25) is 0 Å². The first-order valence-electron chi connectivity index (χ1n) is 7.91. The normalized spacial score (nSPS) is 13.3. The quantitative estimate of drug-likeness (QED) is 0.784. The van der Waals surface area contributed by atoms with Crippen molar-refractivity contribution in [3.05, 3.63) is 59.5 Å². The molecule has 1 aliphatic heterocycles. The molecule has 0 aliphatic carbocycles. The summed E-state index contributed by atoms with van der Waals surface area (Å²) in [5.74, 6) is -2.60. The summed E-state index contributed by atoms with van der Waals surface area (Å²) in [4.78, 5) is 39.3. The zero-order valence-electron chi connectivity index (χ0n) is 15.4. The molecule has 142 valence electrons. The number of esters is 2. The fourth-order valence-corrected chi connectivity index (χ4v) is 2.60. The molecule has 0 atom stereocenters. The zero-order valence-corrected chi connectivity index (χ0v) is 15.4. The van der Waals surface area contributed by atoms with Crippen LogP contribution >= 0.6 is 0 Å². The first-order valence-corrected chi connectivity index (χ1v) is 7.91. The molecule has 8 heteroatoms. The van der Waals surface area contributed by atoms with Gasteiger partial charge >= 0.3 is 17.9 Å². The van der Waals surface area contributed by atoms with E-state index in [1.807, 2.05) is 0 Å². The van der Waals surface area contributed by atoms with Crippen LogP contribution < -0.4 is 9.80 Å². The monoisotopic (exact) mass is 372 g/mol. The van der Waals surface area contributed by atoms with Crippen LogP contribution in [0.1, 0.15) is 10.4 Å². The molecule has 1 aromatic rings. The standard InChI is InChI=1S/C19H20N2O6/c1-20(2)15-9-8-12(11-14(15)17(22)23)21-10-6-5-7-13(18(24)26-3)16(21)19(25)27-4/h5-11H,1-4H3,(H,22,23). The minimum Gasteiger partial charge on any atom is -0.478 e. The number of carboxylic acid groups (broad SMARTS) is 1. The number of allylic oxidation sites excluding steroid dienone is 2. The number of anilines is 2. The van der Waals surface area contributed by atoms with Gasteiger partial charge < -0.3 is 24.4 Å². The van der Waals surface area contributed by atoms with Gasteiger partial charge in [-0.25, -0.2) is 14.4 Å². The van der Waals surface area contributed by atoms with Gasteiger partial charge in [-0.2, -0.15) is 0 Å². The maximum atomic E-state index is 12.4. The Bertz CT molecular complexity index is 867. The van der Waals surface area contributed by atoms with Crippen molar-refractivity contribution in [2.75, 3.05) is 38.1 Å². The third-order valence-corrected chi connectivity index (χ3v) is 3.86. The average Bonchev–Trinajstić information content (AvgIpc) is 2.88. The second kappa shape index (κ2) is 8.22. The smallest absolute Gasteiger partial charge is 0.355 e. The minimum absolute atomic E-state index is 0.0112. The summed E-state index contributed by atoms with van der Waals surface area (Å²) in [6.07, 6.45) is 6.15. The molecule has 0 spiro atoms. The van der Waals surface area contributed by atoms with E-state index in [0.717, 1.165) is 0 Å². The van der Waals surface area contributed by atoms with Gasteiger partial charge in [-0.05, 0) is 30.4 Å². The first-order chi connectivity index (χ1) is 12.8.